The first kappa shape index (κ1) is 50.7. The number of hydrogen-bond acceptors (Lipinski definition) is 14. The molecule has 4 aromatic rings. The van der Waals surface area contributed by atoms with Gasteiger partial charge in [-0.2, -0.15) is 0 Å². The first-order chi connectivity index (χ1) is 33.0. The molecule has 5 aliphatic rings. The second kappa shape index (κ2) is 19.7. The van der Waals surface area contributed by atoms with Gasteiger partial charge in [0.05, 0.1) is 39.6 Å². The van der Waals surface area contributed by atoms with Gasteiger partial charge in [-0.25, -0.2) is 4.79 Å². The van der Waals surface area contributed by atoms with Crippen LogP contribution in [0.1, 0.15) is 106 Å². The number of phenolic OH excluding ortho intramolecular Hbond substituents is 1. The van der Waals surface area contributed by atoms with Crippen LogP contribution in [0.3, 0.4) is 0 Å². The Balaban J connectivity index is 0.000000947. The molecule has 6 atom stereocenters. The molecule has 0 saturated carbocycles. The van der Waals surface area contributed by atoms with Crippen LogP contribution in [0.4, 0.5) is 0 Å². The maximum atomic E-state index is 14.7. The first-order valence-corrected chi connectivity index (χ1v) is 23.2. The van der Waals surface area contributed by atoms with E-state index in [2.05, 4.69) is 5.32 Å². The molecule has 4 aromatic carbocycles. The number of aliphatic hydroxyl groups excluding tert-OH is 1. The smallest absolute Gasteiger partial charge is 0.338 e. The lowest BCUT2D eigenvalue weighted by molar-refractivity contribution is -0.170. The van der Waals surface area contributed by atoms with Crippen LogP contribution in [-0.4, -0.2) is 89.2 Å². The summed E-state index contributed by atoms with van der Waals surface area (Å²) >= 11 is 0. The predicted octanol–water partition coefficient (Wildman–Crippen LogP) is 5.86. The summed E-state index contributed by atoms with van der Waals surface area (Å²) in [4.78, 5) is 102. The SMILES string of the molecule is CCC(C)(CC(C)(CC(C)C(=O)OC(C)(C)C)C(=O)OCC(O)COC(=O)c1ccc2cc(O)ccc2c1)C(=O)OCC12c3ccccc3C(c3ccccc31)C1C(=O)NC(=O)C12.O=C1C=CC(=O)N1. The number of benzene rings is 4. The van der Waals surface area contributed by atoms with Crippen molar-refractivity contribution in [3.05, 3.63) is 125 Å². The number of phenols is 1. The van der Waals surface area contributed by atoms with E-state index in [9.17, 15) is 48.6 Å². The predicted molar refractivity (Wildman–Crippen MR) is 252 cm³/mol. The van der Waals surface area contributed by atoms with E-state index in [1.165, 1.54) is 24.3 Å². The summed E-state index contributed by atoms with van der Waals surface area (Å²) in [6.45, 7) is 10.6. The normalized spacial score (nSPS) is 22.1. The van der Waals surface area contributed by atoms with Crippen molar-refractivity contribution in [3.63, 3.8) is 0 Å². The minimum absolute atomic E-state index is 0.0855. The van der Waals surface area contributed by atoms with Crippen LogP contribution in [0, 0.1) is 28.6 Å². The Morgan fingerprint density at radius 2 is 1.29 bits per heavy atom. The lowest BCUT2D eigenvalue weighted by Crippen LogP contribution is -2.56. The molecule has 0 aromatic heterocycles. The number of ether oxygens (including phenoxy) is 4. The molecule has 2 heterocycles. The molecule has 2 aliphatic heterocycles. The average Bonchev–Trinajstić information content (AvgIpc) is 3.86. The van der Waals surface area contributed by atoms with Gasteiger partial charge < -0.3 is 29.2 Å². The Hall–Kier alpha value is -7.20. The summed E-state index contributed by atoms with van der Waals surface area (Å²) in [7, 11) is 0. The van der Waals surface area contributed by atoms with Crippen LogP contribution in [0.15, 0.2) is 97.1 Å². The summed E-state index contributed by atoms with van der Waals surface area (Å²) in [5.41, 5.74) is -1.21. The third-order valence-corrected chi connectivity index (χ3v) is 13.7. The highest BCUT2D eigenvalue weighted by atomic mass is 16.6. The summed E-state index contributed by atoms with van der Waals surface area (Å²) in [6.07, 6.45) is 0.956. The first-order valence-electron chi connectivity index (χ1n) is 23.2. The molecule has 368 valence electrons. The number of carbonyl (C=O) groups is 8. The van der Waals surface area contributed by atoms with Gasteiger partial charge in [-0.15, -0.1) is 0 Å². The number of nitrogens with one attached hydrogen (secondary N) is 2. The van der Waals surface area contributed by atoms with Crippen LogP contribution in [0.2, 0.25) is 0 Å². The zero-order chi connectivity index (χ0) is 50.9. The summed E-state index contributed by atoms with van der Waals surface area (Å²) in [5, 5.41) is 26.6. The van der Waals surface area contributed by atoms with E-state index >= 15 is 0 Å². The topological polar surface area (TPSA) is 238 Å². The number of carbonyl (C=O) groups excluding carboxylic acids is 8. The quantitative estimate of drug-likeness (QED) is 0.0620. The molecule has 1 saturated heterocycles. The Morgan fingerprint density at radius 3 is 1.87 bits per heavy atom. The van der Waals surface area contributed by atoms with Gasteiger partial charge in [-0.1, -0.05) is 74.5 Å². The van der Waals surface area contributed by atoms with Gasteiger partial charge in [0, 0.05) is 18.1 Å². The number of imide groups is 2. The van der Waals surface area contributed by atoms with E-state index in [4.69, 9.17) is 18.9 Å². The second-order valence-electron chi connectivity index (χ2n) is 20.1. The Labute approximate surface area is 405 Å². The molecule has 4 amide bonds. The zero-order valence-corrected chi connectivity index (χ0v) is 40.2. The minimum Gasteiger partial charge on any atom is -0.508 e. The fourth-order valence-electron chi connectivity index (χ4n) is 10.4. The summed E-state index contributed by atoms with van der Waals surface area (Å²) in [5.74, 6) is -6.77. The second-order valence-corrected chi connectivity index (χ2v) is 20.1. The number of amides is 4. The van der Waals surface area contributed by atoms with Crippen molar-refractivity contribution in [2.75, 3.05) is 19.8 Å². The van der Waals surface area contributed by atoms with Crippen LogP contribution in [0.5, 0.6) is 5.75 Å². The number of esters is 4. The number of fused-ring (bicyclic) bond motifs is 1. The zero-order valence-electron chi connectivity index (χ0n) is 40.2. The lowest BCUT2D eigenvalue weighted by atomic mass is 9.47. The van der Waals surface area contributed by atoms with E-state index in [-0.39, 0.29) is 60.8 Å². The fraction of sp³-hybridized carbons (Fsp3) is 0.407. The van der Waals surface area contributed by atoms with Crippen molar-refractivity contribution in [3.8, 4) is 5.75 Å². The maximum Gasteiger partial charge on any atom is 0.338 e. The molecule has 9 rings (SSSR count). The molecular weight excluding hydrogens is 901 g/mol. The Morgan fingerprint density at radius 1 is 0.714 bits per heavy atom. The third-order valence-electron chi connectivity index (χ3n) is 13.7. The van der Waals surface area contributed by atoms with Gasteiger partial charge in [-0.3, -0.25) is 44.2 Å². The van der Waals surface area contributed by atoms with Crippen LogP contribution >= 0.6 is 0 Å². The standard InChI is InChI=1S/C50H55NO12.C4H3NO2/c1-8-48(6,45(58)62-27-50-36-15-11-9-13-34(36)38(35-14-10-12-16-37(35)50)39-40(50)42(55)51-41(39)54)26-49(7,23-28(2)43(56)63-47(3,4)5)46(59)61-25-33(53)24-60-44(57)31-18-17-30-22-32(52)20-19-29(30)21-31;6-3-1-2-4(7)5-3/h9-22,28,33,38-40,52-53H,8,23-27H2,1-7H3,(H,51,54,55);1-2H,(H,5,6,7). The van der Waals surface area contributed by atoms with Crippen molar-refractivity contribution in [2.45, 2.75) is 90.8 Å². The van der Waals surface area contributed by atoms with Crippen molar-refractivity contribution in [2.24, 2.45) is 28.6 Å². The van der Waals surface area contributed by atoms with Crippen molar-refractivity contribution in [1.29, 1.82) is 0 Å². The molecule has 6 unspecified atom stereocenters. The molecule has 16 nitrogen and oxygen atoms in total. The number of aromatic hydroxyl groups is 1. The van der Waals surface area contributed by atoms with E-state index in [1.54, 1.807) is 72.7 Å². The Bertz CT molecular complexity index is 2750. The van der Waals surface area contributed by atoms with Crippen molar-refractivity contribution in [1.82, 2.24) is 10.6 Å². The molecular formula is C54H58N2O14. The number of aliphatic hydroxyl groups is 1. The largest absolute Gasteiger partial charge is 0.508 e. The molecule has 0 spiro atoms. The minimum atomic E-state index is -1.51. The third kappa shape index (κ3) is 10.1. The average molecular weight is 959 g/mol. The van der Waals surface area contributed by atoms with Gasteiger partial charge in [0.2, 0.25) is 11.8 Å². The van der Waals surface area contributed by atoms with Gasteiger partial charge in [-0.05, 0) is 111 Å². The van der Waals surface area contributed by atoms with Gasteiger partial charge >= 0.3 is 23.9 Å². The Kier molecular flexibility index (Phi) is 14.2. The molecule has 2 bridgehead atoms. The molecule has 0 radical (unpaired) electrons. The van der Waals surface area contributed by atoms with Crippen molar-refractivity contribution >= 4 is 58.3 Å². The maximum absolute atomic E-state index is 14.7. The highest BCUT2D eigenvalue weighted by Gasteiger charge is 2.67. The highest BCUT2D eigenvalue weighted by Crippen LogP contribution is 2.63. The molecule has 4 N–H and O–H groups in total. The number of rotatable bonds is 15. The molecule has 16 heteroatoms. The number of hydrogen-bond donors (Lipinski definition) is 4. The molecule has 70 heavy (non-hydrogen) atoms. The lowest BCUT2D eigenvalue weighted by Gasteiger charge is -2.54. The van der Waals surface area contributed by atoms with Crippen molar-refractivity contribution < 1.29 is 67.5 Å². The molecule has 1 fully saturated rings. The fourth-order valence-corrected chi connectivity index (χ4v) is 10.4. The highest BCUT2D eigenvalue weighted by molar-refractivity contribution is 6.13. The van der Waals surface area contributed by atoms with Crippen LogP contribution < -0.4 is 10.6 Å². The van der Waals surface area contributed by atoms with E-state index in [0.717, 1.165) is 27.6 Å². The van der Waals surface area contributed by atoms with E-state index in [1.807, 2.05) is 53.8 Å². The monoisotopic (exact) mass is 958 g/mol. The summed E-state index contributed by atoms with van der Waals surface area (Å²) in [6, 6.07) is 24.8. The molecule has 3 aliphatic carbocycles. The van der Waals surface area contributed by atoms with Gasteiger partial charge in [0.15, 0.2) is 0 Å². The van der Waals surface area contributed by atoms with E-state index in [0.29, 0.717) is 5.39 Å². The van der Waals surface area contributed by atoms with Crippen LogP contribution in [-0.2, 0) is 57.9 Å². The van der Waals surface area contributed by atoms with Crippen LogP contribution in [0.25, 0.3) is 10.8 Å². The summed E-state index contributed by atoms with van der Waals surface area (Å²) < 4.78 is 23.0. The van der Waals surface area contributed by atoms with Gasteiger partial charge in [0.25, 0.3) is 11.8 Å². The van der Waals surface area contributed by atoms with Gasteiger partial charge in [0.1, 0.15) is 37.3 Å². The van der Waals surface area contributed by atoms with E-state index < -0.39 is 88.7 Å².